The van der Waals surface area contributed by atoms with E-state index in [1.54, 1.807) is 12.3 Å². The number of carbonyl (C=O) groups is 1. The molecule has 1 aliphatic rings. The fourth-order valence-corrected chi connectivity index (χ4v) is 1.64. The second kappa shape index (κ2) is 4.31. The summed E-state index contributed by atoms with van der Waals surface area (Å²) in [5.74, 6) is 0.681. The Kier molecular flexibility index (Phi) is 2.87. The van der Waals surface area contributed by atoms with Crippen LogP contribution in [-0.2, 0) is 11.3 Å². The molecule has 0 radical (unpaired) electrons. The highest BCUT2D eigenvalue weighted by Gasteiger charge is 2.22. The van der Waals surface area contributed by atoms with Gasteiger partial charge in [-0.2, -0.15) is 0 Å². The molecule has 4 heteroatoms. The van der Waals surface area contributed by atoms with Crippen molar-refractivity contribution < 1.29 is 9.21 Å². The largest absolute Gasteiger partial charge is 0.467 e. The van der Waals surface area contributed by atoms with Crippen LogP contribution < -0.4 is 11.1 Å². The molecular weight excluding hydrogens is 192 g/mol. The summed E-state index contributed by atoms with van der Waals surface area (Å²) in [6.07, 6.45) is 6.02. The molecule has 1 aromatic heterocycles. The maximum absolute atomic E-state index is 11.6. The molecule has 0 aliphatic heterocycles. The lowest BCUT2D eigenvalue weighted by atomic mass is 10.1. The lowest BCUT2D eigenvalue weighted by molar-refractivity contribution is -0.123. The average molecular weight is 206 g/mol. The Bertz CT molecular complexity index is 357. The summed E-state index contributed by atoms with van der Waals surface area (Å²) in [7, 11) is 0. The van der Waals surface area contributed by atoms with Crippen molar-refractivity contribution in [2.45, 2.75) is 19.0 Å². The van der Waals surface area contributed by atoms with Crippen LogP contribution in [0.25, 0.3) is 0 Å². The Morgan fingerprint density at radius 3 is 3.07 bits per heavy atom. The first-order valence-electron chi connectivity index (χ1n) is 4.99. The zero-order valence-electron chi connectivity index (χ0n) is 8.35. The lowest BCUT2D eigenvalue weighted by Gasteiger charge is -2.09. The molecule has 0 saturated heterocycles. The van der Waals surface area contributed by atoms with Crippen LogP contribution in [0.1, 0.15) is 12.2 Å². The van der Waals surface area contributed by atoms with Gasteiger partial charge < -0.3 is 15.5 Å². The Hall–Kier alpha value is -1.55. The fourth-order valence-electron chi connectivity index (χ4n) is 1.64. The van der Waals surface area contributed by atoms with Crippen molar-refractivity contribution in [2.75, 3.05) is 0 Å². The van der Waals surface area contributed by atoms with Gasteiger partial charge in [-0.05, 0) is 18.6 Å². The number of nitrogens with one attached hydrogen (secondary N) is 1. The van der Waals surface area contributed by atoms with E-state index >= 15 is 0 Å². The van der Waals surface area contributed by atoms with Crippen molar-refractivity contribution in [3.8, 4) is 0 Å². The van der Waals surface area contributed by atoms with Gasteiger partial charge in [-0.3, -0.25) is 4.79 Å². The molecule has 0 saturated carbocycles. The van der Waals surface area contributed by atoms with E-state index in [1.807, 2.05) is 18.2 Å². The summed E-state index contributed by atoms with van der Waals surface area (Å²) >= 11 is 0. The van der Waals surface area contributed by atoms with Crippen molar-refractivity contribution in [1.29, 1.82) is 0 Å². The first-order chi connectivity index (χ1) is 7.25. The Labute approximate surface area is 88.1 Å². The van der Waals surface area contributed by atoms with Gasteiger partial charge in [-0.25, -0.2) is 0 Å². The highest BCUT2D eigenvalue weighted by atomic mass is 16.3. The van der Waals surface area contributed by atoms with Gasteiger partial charge >= 0.3 is 0 Å². The molecule has 0 bridgehead atoms. The second-order valence-electron chi connectivity index (χ2n) is 3.69. The number of furan rings is 1. The highest BCUT2D eigenvalue weighted by molar-refractivity contribution is 5.80. The van der Waals surface area contributed by atoms with E-state index in [9.17, 15) is 4.79 Å². The molecule has 0 fully saturated rings. The van der Waals surface area contributed by atoms with Gasteiger partial charge in [0.05, 0.1) is 18.7 Å². The van der Waals surface area contributed by atoms with Crippen molar-refractivity contribution in [2.24, 2.45) is 11.7 Å². The van der Waals surface area contributed by atoms with Crippen LogP contribution >= 0.6 is 0 Å². The van der Waals surface area contributed by atoms with Crippen LogP contribution in [0, 0.1) is 5.92 Å². The van der Waals surface area contributed by atoms with E-state index in [2.05, 4.69) is 5.32 Å². The van der Waals surface area contributed by atoms with Gasteiger partial charge in [0, 0.05) is 6.04 Å². The molecule has 2 unspecified atom stereocenters. The van der Waals surface area contributed by atoms with Crippen LogP contribution in [0.15, 0.2) is 35.0 Å². The zero-order chi connectivity index (χ0) is 10.7. The second-order valence-corrected chi connectivity index (χ2v) is 3.69. The molecular formula is C11H14N2O2. The summed E-state index contributed by atoms with van der Waals surface area (Å²) in [5.41, 5.74) is 5.67. The van der Waals surface area contributed by atoms with Crippen molar-refractivity contribution >= 4 is 5.91 Å². The standard InChI is InChI=1S/C11H14N2O2/c12-9-4-3-8(6-9)11(14)13-7-10-2-1-5-15-10/h1-5,8-9H,6-7,12H2,(H,13,14). The molecule has 2 atom stereocenters. The lowest BCUT2D eigenvalue weighted by Crippen LogP contribution is -2.30. The number of hydrogen-bond acceptors (Lipinski definition) is 3. The zero-order valence-corrected chi connectivity index (χ0v) is 8.35. The molecule has 1 amide bonds. The molecule has 4 nitrogen and oxygen atoms in total. The maximum atomic E-state index is 11.6. The van der Waals surface area contributed by atoms with Crippen LogP contribution in [0.5, 0.6) is 0 Å². The maximum Gasteiger partial charge on any atom is 0.227 e. The van der Waals surface area contributed by atoms with Gasteiger partial charge in [0.15, 0.2) is 0 Å². The third kappa shape index (κ3) is 2.47. The predicted molar refractivity (Wildman–Crippen MR) is 55.8 cm³/mol. The van der Waals surface area contributed by atoms with Crippen molar-refractivity contribution in [1.82, 2.24) is 5.32 Å². The normalized spacial score (nSPS) is 24.3. The SMILES string of the molecule is NC1C=CC(C(=O)NCc2ccco2)C1. The molecule has 1 aliphatic carbocycles. The van der Waals surface area contributed by atoms with E-state index in [-0.39, 0.29) is 17.9 Å². The minimum atomic E-state index is -0.0880. The van der Waals surface area contributed by atoms with Gasteiger partial charge in [0.2, 0.25) is 5.91 Å². The number of amides is 1. The predicted octanol–water partition coefficient (Wildman–Crippen LogP) is 0.799. The average Bonchev–Trinajstić information content (AvgIpc) is 2.84. The summed E-state index contributed by atoms with van der Waals surface area (Å²) < 4.78 is 5.11. The third-order valence-electron chi connectivity index (χ3n) is 2.47. The quantitative estimate of drug-likeness (QED) is 0.719. The van der Waals surface area contributed by atoms with Crippen LogP contribution in [0.4, 0.5) is 0 Å². The monoisotopic (exact) mass is 206 g/mol. The Balaban J connectivity index is 1.81. The molecule has 1 aromatic rings. The van der Waals surface area contributed by atoms with Gasteiger partial charge in [0.25, 0.3) is 0 Å². The first-order valence-corrected chi connectivity index (χ1v) is 4.99. The van der Waals surface area contributed by atoms with E-state index in [0.717, 1.165) is 5.76 Å². The summed E-state index contributed by atoms with van der Waals surface area (Å²) in [4.78, 5) is 11.6. The van der Waals surface area contributed by atoms with Gasteiger partial charge in [-0.1, -0.05) is 12.2 Å². The number of carbonyl (C=O) groups excluding carboxylic acids is 1. The molecule has 80 valence electrons. The topological polar surface area (TPSA) is 68.3 Å². The van der Waals surface area contributed by atoms with Gasteiger partial charge in [0.1, 0.15) is 5.76 Å². The highest BCUT2D eigenvalue weighted by Crippen LogP contribution is 2.16. The molecule has 0 aromatic carbocycles. The summed E-state index contributed by atoms with van der Waals surface area (Å²) in [6, 6.07) is 3.65. The third-order valence-corrected chi connectivity index (χ3v) is 2.47. The van der Waals surface area contributed by atoms with Crippen LogP contribution in [0.2, 0.25) is 0 Å². The smallest absolute Gasteiger partial charge is 0.227 e. The molecule has 15 heavy (non-hydrogen) atoms. The summed E-state index contributed by atoms with van der Waals surface area (Å²) in [6.45, 7) is 0.436. The van der Waals surface area contributed by atoms with E-state index in [0.29, 0.717) is 13.0 Å². The first kappa shape index (κ1) is 9.98. The molecule has 0 spiro atoms. The van der Waals surface area contributed by atoms with Crippen molar-refractivity contribution in [3.63, 3.8) is 0 Å². The molecule has 2 rings (SSSR count). The van der Waals surface area contributed by atoms with Crippen molar-refractivity contribution in [3.05, 3.63) is 36.3 Å². The number of hydrogen-bond donors (Lipinski definition) is 2. The summed E-state index contributed by atoms with van der Waals surface area (Å²) in [5, 5.41) is 2.81. The minimum Gasteiger partial charge on any atom is -0.467 e. The fraction of sp³-hybridized carbons (Fsp3) is 0.364. The van der Waals surface area contributed by atoms with E-state index in [4.69, 9.17) is 10.2 Å². The molecule has 1 heterocycles. The van der Waals surface area contributed by atoms with E-state index in [1.165, 1.54) is 0 Å². The Morgan fingerprint density at radius 2 is 2.47 bits per heavy atom. The molecule has 3 N–H and O–H groups in total. The van der Waals surface area contributed by atoms with Gasteiger partial charge in [-0.15, -0.1) is 0 Å². The number of nitrogens with two attached hydrogens (primary N) is 1. The van der Waals surface area contributed by atoms with E-state index < -0.39 is 0 Å². The Morgan fingerprint density at radius 1 is 1.60 bits per heavy atom. The number of rotatable bonds is 3. The van der Waals surface area contributed by atoms with Crippen LogP contribution in [-0.4, -0.2) is 11.9 Å². The van der Waals surface area contributed by atoms with Crippen LogP contribution in [0.3, 0.4) is 0 Å². The minimum absolute atomic E-state index is 0.00981.